The van der Waals surface area contributed by atoms with Crippen molar-refractivity contribution in [3.63, 3.8) is 0 Å². The van der Waals surface area contributed by atoms with Crippen LogP contribution in [0.15, 0.2) is 12.1 Å². The van der Waals surface area contributed by atoms with E-state index in [1.54, 1.807) is 12.1 Å². The fraction of sp³-hybridized carbons (Fsp3) is 0.409. The summed E-state index contributed by atoms with van der Waals surface area (Å²) in [7, 11) is 0. The Morgan fingerprint density at radius 3 is 2.57 bits per heavy atom. The summed E-state index contributed by atoms with van der Waals surface area (Å²) in [6.07, 6.45) is 10.6. The summed E-state index contributed by atoms with van der Waals surface area (Å²) < 4.78 is 0. The number of aliphatic hydroxyl groups is 1. The predicted molar refractivity (Wildman–Crippen MR) is 106 cm³/mol. The number of anilines is 1. The average molecular weight is 374 g/mol. The number of terminal acetylenes is 1. The highest BCUT2D eigenvalue weighted by Crippen LogP contribution is 2.40. The topological polar surface area (TPSA) is 102 Å². The van der Waals surface area contributed by atoms with Crippen molar-refractivity contribution in [1.29, 1.82) is 5.26 Å². The van der Waals surface area contributed by atoms with E-state index in [0.29, 0.717) is 29.7 Å². The molecule has 2 aliphatic rings. The molecule has 0 aliphatic heterocycles. The Morgan fingerprint density at radius 1 is 1.21 bits per heavy atom. The maximum Gasteiger partial charge on any atom is 0.152 e. The fourth-order valence-electron chi connectivity index (χ4n) is 4.29. The Kier molecular flexibility index (Phi) is 4.45. The Balaban J connectivity index is 1.76. The quantitative estimate of drug-likeness (QED) is 0.714. The molecule has 2 aromatic rings. The van der Waals surface area contributed by atoms with E-state index in [-0.39, 0.29) is 17.4 Å². The van der Waals surface area contributed by atoms with Gasteiger partial charge >= 0.3 is 0 Å². The molecule has 28 heavy (non-hydrogen) atoms. The minimum absolute atomic E-state index is 0.0882. The largest absolute Gasteiger partial charge is 0.506 e. The van der Waals surface area contributed by atoms with Crippen LogP contribution in [-0.4, -0.2) is 32.1 Å². The lowest BCUT2D eigenvalue weighted by molar-refractivity contribution is -0.0235. The molecule has 2 aliphatic carbocycles. The van der Waals surface area contributed by atoms with E-state index in [1.165, 1.54) is 0 Å². The number of nitriles is 1. The lowest BCUT2D eigenvalue weighted by Crippen LogP contribution is -2.48. The van der Waals surface area contributed by atoms with Gasteiger partial charge in [0, 0.05) is 22.7 Å². The number of hydrogen-bond acceptors (Lipinski definition) is 6. The van der Waals surface area contributed by atoms with E-state index in [0.717, 1.165) is 42.6 Å². The number of hydrogen-bond donors (Lipinski definition) is 3. The maximum atomic E-state index is 10.6. The zero-order valence-corrected chi connectivity index (χ0v) is 15.8. The second-order valence-electron chi connectivity index (χ2n) is 7.95. The van der Waals surface area contributed by atoms with Crippen LogP contribution in [0.4, 0.5) is 5.82 Å². The van der Waals surface area contributed by atoms with Crippen LogP contribution in [0, 0.1) is 23.7 Å². The molecule has 1 fully saturated rings. The number of nitrogens with zero attached hydrogens (tertiary/aromatic N) is 3. The highest BCUT2D eigenvalue weighted by molar-refractivity contribution is 5.77. The Bertz CT molecular complexity index is 1020. The van der Waals surface area contributed by atoms with Crippen molar-refractivity contribution in [1.82, 2.24) is 10.2 Å². The summed E-state index contributed by atoms with van der Waals surface area (Å²) in [6.45, 7) is 1.84. The van der Waals surface area contributed by atoms with Crippen LogP contribution in [0.1, 0.15) is 54.9 Å². The van der Waals surface area contributed by atoms with Gasteiger partial charge in [-0.05, 0) is 63.1 Å². The smallest absolute Gasteiger partial charge is 0.152 e. The fourth-order valence-corrected chi connectivity index (χ4v) is 4.29. The number of aromatic nitrogens is 2. The summed E-state index contributed by atoms with van der Waals surface area (Å²) in [5.41, 5.74) is 3.11. The molecule has 1 aromatic carbocycles. The van der Waals surface area contributed by atoms with Crippen LogP contribution >= 0.6 is 0 Å². The molecular weight excluding hydrogens is 352 g/mol. The number of phenolic OH excluding ortho intramolecular Hbond substituents is 1. The van der Waals surface area contributed by atoms with Gasteiger partial charge in [0.2, 0.25) is 0 Å². The van der Waals surface area contributed by atoms with Crippen LogP contribution in [0.2, 0.25) is 0 Å². The van der Waals surface area contributed by atoms with Gasteiger partial charge in [0.1, 0.15) is 23.1 Å². The first-order valence-corrected chi connectivity index (χ1v) is 9.54. The summed E-state index contributed by atoms with van der Waals surface area (Å²) in [4.78, 5) is 0. The first-order valence-electron chi connectivity index (χ1n) is 9.54. The van der Waals surface area contributed by atoms with E-state index in [4.69, 9.17) is 6.42 Å². The number of phenols is 1. The number of rotatable bonds is 3. The molecule has 1 heterocycles. The Labute approximate surface area is 164 Å². The Morgan fingerprint density at radius 2 is 1.93 bits per heavy atom. The van der Waals surface area contributed by atoms with Gasteiger partial charge in [-0.2, -0.15) is 5.26 Å². The first-order chi connectivity index (χ1) is 13.4. The molecule has 0 atom stereocenters. The molecular formula is C22H22N4O2. The van der Waals surface area contributed by atoms with Crippen LogP contribution < -0.4 is 5.32 Å². The molecule has 6 nitrogen and oxygen atoms in total. The maximum absolute atomic E-state index is 10.6. The minimum atomic E-state index is -0.608. The zero-order chi connectivity index (χ0) is 19.9. The van der Waals surface area contributed by atoms with Gasteiger partial charge in [-0.25, -0.2) is 0 Å². The van der Waals surface area contributed by atoms with E-state index in [1.807, 2.05) is 13.0 Å². The van der Waals surface area contributed by atoms with E-state index in [9.17, 15) is 15.5 Å². The van der Waals surface area contributed by atoms with Crippen molar-refractivity contribution in [3.8, 4) is 35.4 Å². The second kappa shape index (κ2) is 6.82. The summed E-state index contributed by atoms with van der Waals surface area (Å²) >= 11 is 0. The van der Waals surface area contributed by atoms with Gasteiger partial charge in [0.15, 0.2) is 5.82 Å². The highest BCUT2D eigenvalue weighted by Gasteiger charge is 2.39. The third kappa shape index (κ3) is 3.06. The van der Waals surface area contributed by atoms with Crippen molar-refractivity contribution < 1.29 is 10.2 Å². The standard InChI is InChI=1S/C22H22N4O2/c1-3-13-8-9-17(20(27)18(13)12-23)19-15-6-4-5-7-16(15)21(26-25-19)24-14-10-22(2,28)11-14/h1,8-9,14,27-28H,4-7,10-11H2,2H3,(H,24,26). The number of nitrogens with one attached hydrogen (secondary N) is 1. The molecule has 3 N–H and O–H groups in total. The van der Waals surface area contributed by atoms with Crippen molar-refractivity contribution in [2.45, 2.75) is 57.1 Å². The molecule has 0 amide bonds. The van der Waals surface area contributed by atoms with E-state index in [2.05, 4.69) is 21.4 Å². The average Bonchev–Trinajstić information content (AvgIpc) is 2.67. The normalized spacial score (nSPS) is 23.1. The molecule has 0 saturated heterocycles. The highest BCUT2D eigenvalue weighted by atomic mass is 16.3. The van der Waals surface area contributed by atoms with Gasteiger partial charge < -0.3 is 15.5 Å². The van der Waals surface area contributed by atoms with Gasteiger partial charge in [-0.15, -0.1) is 16.6 Å². The molecule has 1 saturated carbocycles. The third-order valence-electron chi connectivity index (χ3n) is 5.70. The van der Waals surface area contributed by atoms with Crippen molar-refractivity contribution >= 4 is 5.82 Å². The van der Waals surface area contributed by atoms with Gasteiger partial charge in [-0.3, -0.25) is 0 Å². The molecule has 6 heteroatoms. The Hall–Kier alpha value is -3.09. The second-order valence-corrected chi connectivity index (χ2v) is 7.95. The van der Waals surface area contributed by atoms with Gasteiger partial charge in [-0.1, -0.05) is 5.92 Å². The molecule has 0 radical (unpaired) electrons. The van der Waals surface area contributed by atoms with E-state index >= 15 is 0 Å². The zero-order valence-electron chi connectivity index (χ0n) is 15.8. The first kappa shape index (κ1) is 18.3. The van der Waals surface area contributed by atoms with Crippen LogP contribution in [-0.2, 0) is 12.8 Å². The molecule has 0 spiro atoms. The van der Waals surface area contributed by atoms with Crippen LogP contribution in [0.25, 0.3) is 11.3 Å². The third-order valence-corrected chi connectivity index (χ3v) is 5.70. The molecule has 1 aromatic heterocycles. The summed E-state index contributed by atoms with van der Waals surface area (Å²) in [6, 6.07) is 5.55. The monoisotopic (exact) mass is 374 g/mol. The number of fused-ring (bicyclic) bond motifs is 1. The minimum Gasteiger partial charge on any atom is -0.506 e. The van der Waals surface area contributed by atoms with Crippen LogP contribution in [0.3, 0.4) is 0 Å². The molecule has 142 valence electrons. The predicted octanol–water partition coefficient (Wildman–Crippen LogP) is 2.91. The molecule has 4 rings (SSSR count). The lowest BCUT2D eigenvalue weighted by Gasteiger charge is -2.41. The number of aromatic hydroxyl groups is 1. The van der Waals surface area contributed by atoms with E-state index < -0.39 is 5.60 Å². The molecule has 0 bridgehead atoms. The summed E-state index contributed by atoms with van der Waals surface area (Å²) in [5, 5.41) is 42.2. The number of benzene rings is 1. The van der Waals surface area contributed by atoms with Crippen molar-refractivity contribution in [2.75, 3.05) is 5.32 Å². The SMILES string of the molecule is C#Cc1ccc(-c2nnc(NC3CC(C)(O)C3)c3c2CCCC3)c(O)c1C#N. The molecule has 0 unspecified atom stereocenters. The van der Waals surface area contributed by atoms with Crippen molar-refractivity contribution in [3.05, 3.63) is 34.4 Å². The van der Waals surface area contributed by atoms with Gasteiger partial charge in [0.25, 0.3) is 0 Å². The van der Waals surface area contributed by atoms with Crippen molar-refractivity contribution in [2.24, 2.45) is 0 Å². The summed E-state index contributed by atoms with van der Waals surface area (Å²) in [5.74, 6) is 3.05. The van der Waals surface area contributed by atoms with Crippen LogP contribution in [0.5, 0.6) is 5.75 Å². The lowest BCUT2D eigenvalue weighted by atomic mass is 9.77. The van der Waals surface area contributed by atoms with Gasteiger partial charge in [0.05, 0.1) is 5.60 Å².